The van der Waals surface area contributed by atoms with Gasteiger partial charge in [0, 0.05) is 19.5 Å². The predicted octanol–water partition coefficient (Wildman–Crippen LogP) is 0.937. The van der Waals surface area contributed by atoms with Gasteiger partial charge in [-0.1, -0.05) is 0 Å². The summed E-state index contributed by atoms with van der Waals surface area (Å²) < 4.78 is 41.7. The average molecular weight is 284 g/mol. The van der Waals surface area contributed by atoms with Gasteiger partial charge in [0.25, 0.3) is 0 Å². The third-order valence-corrected chi connectivity index (χ3v) is 2.39. The maximum Gasteiger partial charge on any atom is 0.401 e. The zero-order valence-electron chi connectivity index (χ0n) is 11.4. The third-order valence-electron chi connectivity index (χ3n) is 2.39. The highest BCUT2D eigenvalue weighted by atomic mass is 19.4. The molecule has 8 heteroatoms. The van der Waals surface area contributed by atoms with Crippen LogP contribution in [0.1, 0.15) is 20.8 Å². The second-order valence-corrected chi connectivity index (χ2v) is 4.41. The van der Waals surface area contributed by atoms with E-state index in [2.05, 4.69) is 10.1 Å². The molecule has 0 aliphatic heterocycles. The van der Waals surface area contributed by atoms with E-state index in [1.54, 1.807) is 13.8 Å². The molecule has 5 nitrogen and oxygen atoms in total. The zero-order chi connectivity index (χ0) is 15.2. The average Bonchev–Trinajstić information content (AvgIpc) is 2.23. The smallest absolute Gasteiger partial charge is 0.401 e. The second kappa shape index (κ2) is 7.32. The number of methoxy groups -OCH3 is 1. The Morgan fingerprint density at radius 2 is 1.84 bits per heavy atom. The summed E-state index contributed by atoms with van der Waals surface area (Å²) in [5, 5.41) is 2.28. The lowest BCUT2D eigenvalue weighted by Gasteiger charge is -2.30. The van der Waals surface area contributed by atoms with Crippen LogP contribution < -0.4 is 5.32 Å². The van der Waals surface area contributed by atoms with Crippen molar-refractivity contribution in [2.24, 2.45) is 0 Å². The number of rotatable bonds is 6. The first-order valence-corrected chi connectivity index (χ1v) is 5.72. The Balaban J connectivity index is 4.83. The van der Waals surface area contributed by atoms with Gasteiger partial charge < -0.3 is 10.1 Å². The second-order valence-electron chi connectivity index (χ2n) is 4.41. The van der Waals surface area contributed by atoms with Crippen molar-refractivity contribution in [3.05, 3.63) is 0 Å². The summed E-state index contributed by atoms with van der Waals surface area (Å²) in [6.45, 7) is 2.92. The molecular weight excluding hydrogens is 265 g/mol. The van der Waals surface area contributed by atoms with Crippen LogP contribution in [0, 0.1) is 0 Å². The van der Waals surface area contributed by atoms with Gasteiger partial charge in [-0.05, 0) is 13.8 Å². The molecular formula is C11H19F3N2O3. The summed E-state index contributed by atoms with van der Waals surface area (Å²) in [6, 6.07) is -1.55. The van der Waals surface area contributed by atoms with E-state index in [9.17, 15) is 22.8 Å². The van der Waals surface area contributed by atoms with Crippen molar-refractivity contribution in [2.75, 3.05) is 20.2 Å². The van der Waals surface area contributed by atoms with E-state index in [0.717, 1.165) is 12.0 Å². The highest BCUT2D eigenvalue weighted by Gasteiger charge is 2.34. The molecule has 0 aliphatic rings. The van der Waals surface area contributed by atoms with Crippen LogP contribution in [-0.2, 0) is 14.3 Å². The molecule has 0 heterocycles. The maximum absolute atomic E-state index is 12.4. The van der Waals surface area contributed by atoms with Gasteiger partial charge in [-0.3, -0.25) is 9.69 Å². The van der Waals surface area contributed by atoms with Gasteiger partial charge in [-0.15, -0.1) is 0 Å². The van der Waals surface area contributed by atoms with Crippen LogP contribution in [0.2, 0.25) is 0 Å². The first-order valence-electron chi connectivity index (χ1n) is 5.72. The fourth-order valence-corrected chi connectivity index (χ4v) is 1.49. The molecule has 0 aromatic carbocycles. The summed E-state index contributed by atoms with van der Waals surface area (Å²) in [4.78, 5) is 23.4. The maximum atomic E-state index is 12.4. The number of esters is 1. The molecule has 0 rings (SSSR count). The van der Waals surface area contributed by atoms with E-state index >= 15 is 0 Å². The number of nitrogens with zero attached hydrogens (tertiary/aromatic N) is 1. The quantitative estimate of drug-likeness (QED) is 0.737. The van der Waals surface area contributed by atoms with E-state index in [4.69, 9.17) is 0 Å². The van der Waals surface area contributed by atoms with Gasteiger partial charge in [0.15, 0.2) is 0 Å². The molecule has 1 N–H and O–H groups in total. The first kappa shape index (κ1) is 17.7. The van der Waals surface area contributed by atoms with Gasteiger partial charge in [0.2, 0.25) is 5.91 Å². The lowest BCUT2D eigenvalue weighted by Crippen LogP contribution is -2.52. The van der Waals surface area contributed by atoms with Gasteiger partial charge >= 0.3 is 12.1 Å². The van der Waals surface area contributed by atoms with Gasteiger partial charge in [0.1, 0.15) is 6.04 Å². The van der Waals surface area contributed by atoms with Crippen LogP contribution >= 0.6 is 0 Å². The number of ether oxygens (including phenoxy) is 1. The van der Waals surface area contributed by atoms with Crippen LogP contribution in [0.4, 0.5) is 13.2 Å². The zero-order valence-corrected chi connectivity index (χ0v) is 11.4. The van der Waals surface area contributed by atoms with Crippen LogP contribution in [-0.4, -0.2) is 55.2 Å². The molecule has 0 saturated heterocycles. The van der Waals surface area contributed by atoms with Crippen LogP contribution in [0.15, 0.2) is 0 Å². The standard InChI is InChI=1S/C11H19F3N2O3/c1-7(2)16(6-11(12,13)14)5-9(10(18)19-4)15-8(3)17/h7,9H,5-6H2,1-4H3,(H,15,17). The lowest BCUT2D eigenvalue weighted by molar-refractivity contribution is -0.156. The van der Waals surface area contributed by atoms with Crippen molar-refractivity contribution >= 4 is 11.9 Å². The number of alkyl halides is 3. The molecule has 0 aromatic heterocycles. The van der Waals surface area contributed by atoms with Gasteiger partial charge in [-0.25, -0.2) is 4.79 Å². The fraction of sp³-hybridized carbons (Fsp3) is 0.818. The van der Waals surface area contributed by atoms with E-state index < -0.39 is 36.7 Å². The Labute approximate surface area is 110 Å². The third kappa shape index (κ3) is 7.66. The number of amides is 1. The number of carbonyl (C=O) groups is 2. The summed E-state index contributed by atoms with van der Waals surface area (Å²) in [7, 11) is 1.11. The van der Waals surface area contributed by atoms with Crippen molar-refractivity contribution < 1.29 is 27.5 Å². The largest absolute Gasteiger partial charge is 0.467 e. The Morgan fingerprint density at radius 1 is 1.32 bits per heavy atom. The van der Waals surface area contributed by atoms with Crippen molar-refractivity contribution in [1.82, 2.24) is 10.2 Å². The van der Waals surface area contributed by atoms with Crippen molar-refractivity contribution in [1.29, 1.82) is 0 Å². The molecule has 19 heavy (non-hydrogen) atoms. The number of halogens is 3. The SMILES string of the molecule is COC(=O)C(CN(CC(F)(F)F)C(C)C)NC(C)=O. The fourth-order valence-electron chi connectivity index (χ4n) is 1.49. The first-order chi connectivity index (χ1) is 8.56. The molecule has 0 aliphatic carbocycles. The molecule has 1 amide bonds. The van der Waals surface area contributed by atoms with Crippen LogP contribution in [0.3, 0.4) is 0 Å². The van der Waals surface area contributed by atoms with Crippen LogP contribution in [0.5, 0.6) is 0 Å². The Bertz CT molecular complexity index is 319. The van der Waals surface area contributed by atoms with Crippen molar-refractivity contribution in [3.63, 3.8) is 0 Å². The molecule has 0 spiro atoms. The molecule has 1 unspecified atom stereocenters. The van der Waals surface area contributed by atoms with Crippen molar-refractivity contribution in [3.8, 4) is 0 Å². The normalized spacial score (nSPS) is 13.5. The molecule has 0 saturated carbocycles. The van der Waals surface area contributed by atoms with Gasteiger partial charge in [0.05, 0.1) is 13.7 Å². The predicted molar refractivity (Wildman–Crippen MR) is 62.4 cm³/mol. The highest BCUT2D eigenvalue weighted by Crippen LogP contribution is 2.18. The van der Waals surface area contributed by atoms with E-state index in [0.29, 0.717) is 0 Å². The minimum atomic E-state index is -4.37. The Hall–Kier alpha value is -1.31. The topological polar surface area (TPSA) is 58.6 Å². The summed E-state index contributed by atoms with van der Waals surface area (Å²) >= 11 is 0. The monoisotopic (exact) mass is 284 g/mol. The highest BCUT2D eigenvalue weighted by molar-refractivity contribution is 5.83. The number of carbonyl (C=O) groups excluding carboxylic acids is 2. The lowest BCUT2D eigenvalue weighted by atomic mass is 10.2. The Morgan fingerprint density at radius 3 is 2.16 bits per heavy atom. The van der Waals surface area contributed by atoms with Crippen LogP contribution in [0.25, 0.3) is 0 Å². The van der Waals surface area contributed by atoms with Gasteiger partial charge in [-0.2, -0.15) is 13.2 Å². The minimum absolute atomic E-state index is 0.260. The number of nitrogens with one attached hydrogen (secondary N) is 1. The molecule has 0 bridgehead atoms. The minimum Gasteiger partial charge on any atom is -0.467 e. The summed E-state index contributed by atoms with van der Waals surface area (Å²) in [5.41, 5.74) is 0. The molecule has 0 aromatic rings. The molecule has 1 atom stereocenters. The number of hydrogen-bond donors (Lipinski definition) is 1. The molecule has 0 fully saturated rings. The summed E-state index contributed by atoms with van der Waals surface area (Å²) in [6.07, 6.45) is -4.37. The number of hydrogen-bond acceptors (Lipinski definition) is 4. The van der Waals surface area contributed by atoms with E-state index in [-0.39, 0.29) is 6.54 Å². The van der Waals surface area contributed by atoms with Crippen molar-refractivity contribution in [2.45, 2.75) is 39.0 Å². The Kier molecular flexibility index (Phi) is 6.82. The van der Waals surface area contributed by atoms with E-state index in [1.165, 1.54) is 6.92 Å². The molecule has 0 radical (unpaired) electrons. The van der Waals surface area contributed by atoms with E-state index in [1.807, 2.05) is 0 Å². The summed E-state index contributed by atoms with van der Waals surface area (Å²) in [5.74, 6) is -1.28. The molecule has 112 valence electrons.